The highest BCUT2D eigenvalue weighted by Crippen LogP contribution is 2.16. The molecule has 138 valence electrons. The zero-order chi connectivity index (χ0) is 17.1. The molecule has 1 heterocycles. The molecule has 0 saturated carbocycles. The first-order valence-electron chi connectivity index (χ1n) is 8.64. The zero-order valence-electron chi connectivity index (χ0n) is 14.2. The number of likely N-dealkylation sites (N-methyl/N-ethyl adjacent to an activating group) is 1. The van der Waals surface area contributed by atoms with Gasteiger partial charge in [0, 0.05) is 26.2 Å². The molecule has 1 saturated heterocycles. The number of aliphatic hydroxyl groups is 1. The first-order valence-corrected chi connectivity index (χ1v) is 10.0. The van der Waals surface area contributed by atoms with Gasteiger partial charge >= 0.3 is 10.3 Å². The van der Waals surface area contributed by atoms with Gasteiger partial charge in [-0.2, -0.15) is 12.7 Å². The van der Waals surface area contributed by atoms with Crippen LogP contribution in [0.4, 0.5) is 0 Å². The van der Waals surface area contributed by atoms with Gasteiger partial charge in [-0.05, 0) is 38.8 Å². The maximum atomic E-state index is 11.0. The van der Waals surface area contributed by atoms with Crippen LogP contribution < -0.4 is 0 Å². The van der Waals surface area contributed by atoms with Gasteiger partial charge in [0.05, 0.1) is 12.7 Å². The van der Waals surface area contributed by atoms with Crippen LogP contribution >= 0.6 is 0 Å². The fourth-order valence-corrected chi connectivity index (χ4v) is 3.51. The van der Waals surface area contributed by atoms with Gasteiger partial charge in [-0.3, -0.25) is 4.55 Å². The Morgan fingerprint density at radius 1 is 1.13 bits per heavy atom. The van der Waals surface area contributed by atoms with Crippen LogP contribution in [0.3, 0.4) is 0 Å². The van der Waals surface area contributed by atoms with Gasteiger partial charge in [0.25, 0.3) is 0 Å². The number of hydrogen-bond donors (Lipinski definition) is 2. The van der Waals surface area contributed by atoms with Crippen LogP contribution in [0.1, 0.15) is 45.4 Å². The van der Waals surface area contributed by atoms with Gasteiger partial charge in [-0.15, -0.1) is 0 Å². The monoisotopic (exact) mass is 352 g/mol. The van der Waals surface area contributed by atoms with Crippen LogP contribution in [-0.4, -0.2) is 79.3 Å². The molecule has 1 fully saturated rings. The molecule has 0 amide bonds. The molecule has 2 N–H and O–H groups in total. The van der Waals surface area contributed by atoms with Crippen molar-refractivity contribution in [3.63, 3.8) is 0 Å². The summed E-state index contributed by atoms with van der Waals surface area (Å²) >= 11 is 0. The summed E-state index contributed by atoms with van der Waals surface area (Å²) in [6.07, 6.45) is 5.84. The highest BCUT2D eigenvalue weighted by molar-refractivity contribution is 7.83. The van der Waals surface area contributed by atoms with Gasteiger partial charge < -0.3 is 14.7 Å². The first-order chi connectivity index (χ1) is 11.0. The second kappa shape index (κ2) is 11.3. The quantitative estimate of drug-likeness (QED) is 0.404. The first kappa shape index (κ1) is 20.8. The maximum absolute atomic E-state index is 11.0. The van der Waals surface area contributed by atoms with Crippen LogP contribution in [0.15, 0.2) is 0 Å². The summed E-state index contributed by atoms with van der Waals surface area (Å²) in [6.45, 7) is 6.47. The summed E-state index contributed by atoms with van der Waals surface area (Å²) in [6, 6.07) is 0. The predicted molar refractivity (Wildman–Crippen MR) is 89.8 cm³/mol. The van der Waals surface area contributed by atoms with Crippen molar-refractivity contribution in [2.75, 3.05) is 45.9 Å². The largest absolute Gasteiger partial charge is 0.395 e. The Kier molecular flexibility index (Phi) is 10.2. The SMILES string of the molecule is CCN(CCO)CCCCCCOC1CCN(S(=O)(=O)O)CC1. The molecule has 0 atom stereocenters. The van der Waals surface area contributed by atoms with Crippen LogP contribution in [0.25, 0.3) is 0 Å². The minimum absolute atomic E-state index is 0.105. The molecule has 0 aromatic heterocycles. The minimum Gasteiger partial charge on any atom is -0.395 e. The molecule has 1 rings (SSSR count). The Morgan fingerprint density at radius 2 is 1.78 bits per heavy atom. The summed E-state index contributed by atoms with van der Waals surface area (Å²) in [5.41, 5.74) is 0. The Balaban J connectivity index is 1.98. The Labute approximate surface area is 140 Å². The molecule has 23 heavy (non-hydrogen) atoms. The van der Waals surface area contributed by atoms with Gasteiger partial charge in [-0.1, -0.05) is 19.8 Å². The molecule has 0 bridgehead atoms. The molecule has 0 aromatic carbocycles. The van der Waals surface area contributed by atoms with E-state index in [1.54, 1.807) is 0 Å². The Bertz CT molecular complexity index is 397. The molecule has 1 aliphatic heterocycles. The van der Waals surface area contributed by atoms with E-state index >= 15 is 0 Å². The van der Waals surface area contributed by atoms with E-state index in [0.717, 1.165) is 49.6 Å². The molecule has 7 nitrogen and oxygen atoms in total. The van der Waals surface area contributed by atoms with E-state index in [-0.39, 0.29) is 12.7 Å². The summed E-state index contributed by atoms with van der Waals surface area (Å²) in [5, 5.41) is 8.92. The van der Waals surface area contributed by atoms with Gasteiger partial charge in [-0.25, -0.2) is 0 Å². The molecular formula is C15H32N2O5S. The topological polar surface area (TPSA) is 90.3 Å². The van der Waals surface area contributed by atoms with Crippen LogP contribution in [0.2, 0.25) is 0 Å². The lowest BCUT2D eigenvalue weighted by Gasteiger charge is -2.29. The van der Waals surface area contributed by atoms with Gasteiger partial charge in [0.15, 0.2) is 0 Å². The van der Waals surface area contributed by atoms with E-state index in [4.69, 9.17) is 14.4 Å². The van der Waals surface area contributed by atoms with Crippen molar-refractivity contribution in [2.24, 2.45) is 0 Å². The standard InChI is InChI=1S/C15H32N2O5S/c1-2-16(12-13-18)9-5-3-4-6-14-22-15-7-10-17(11-8-15)23(19,20)21/h15,18H,2-14H2,1H3,(H,19,20,21). The van der Waals surface area contributed by atoms with Crippen molar-refractivity contribution < 1.29 is 22.8 Å². The van der Waals surface area contributed by atoms with E-state index in [9.17, 15) is 8.42 Å². The second-order valence-corrected chi connectivity index (χ2v) is 7.43. The third-order valence-corrected chi connectivity index (χ3v) is 5.33. The van der Waals surface area contributed by atoms with Gasteiger partial charge in [0.2, 0.25) is 0 Å². The van der Waals surface area contributed by atoms with Crippen molar-refractivity contribution >= 4 is 10.3 Å². The summed E-state index contributed by atoms with van der Waals surface area (Å²) in [7, 11) is -4.04. The molecule has 0 aliphatic carbocycles. The number of nitrogens with zero attached hydrogens (tertiary/aromatic N) is 2. The highest BCUT2D eigenvalue weighted by atomic mass is 32.2. The average molecular weight is 352 g/mol. The number of rotatable bonds is 12. The Hall–Kier alpha value is -0.250. The molecule has 0 aromatic rings. The van der Waals surface area contributed by atoms with Crippen molar-refractivity contribution in [1.29, 1.82) is 0 Å². The molecule has 8 heteroatoms. The van der Waals surface area contributed by atoms with Crippen molar-refractivity contribution in [3.05, 3.63) is 0 Å². The predicted octanol–water partition coefficient (Wildman–Crippen LogP) is 1.14. The van der Waals surface area contributed by atoms with Crippen molar-refractivity contribution in [3.8, 4) is 0 Å². The van der Waals surface area contributed by atoms with Crippen LogP contribution in [-0.2, 0) is 15.0 Å². The number of unbranched alkanes of at least 4 members (excludes halogenated alkanes) is 3. The third kappa shape index (κ3) is 8.97. The number of hydrogen-bond acceptors (Lipinski definition) is 5. The molecule has 0 radical (unpaired) electrons. The smallest absolute Gasteiger partial charge is 0.335 e. The molecule has 1 aliphatic rings. The molecular weight excluding hydrogens is 320 g/mol. The normalized spacial score (nSPS) is 17.9. The minimum atomic E-state index is -4.04. The van der Waals surface area contributed by atoms with Crippen LogP contribution in [0.5, 0.6) is 0 Å². The lowest BCUT2D eigenvalue weighted by molar-refractivity contribution is 0.0181. The fraction of sp³-hybridized carbons (Fsp3) is 1.00. The van der Waals surface area contributed by atoms with E-state index in [0.29, 0.717) is 32.5 Å². The number of aliphatic hydroxyl groups excluding tert-OH is 1. The number of piperidine rings is 1. The average Bonchev–Trinajstić information content (AvgIpc) is 2.52. The lowest BCUT2D eigenvalue weighted by atomic mass is 10.1. The van der Waals surface area contributed by atoms with Crippen molar-refractivity contribution in [2.45, 2.75) is 51.6 Å². The fourth-order valence-electron chi connectivity index (χ4n) is 2.84. The zero-order valence-corrected chi connectivity index (χ0v) is 15.0. The molecule has 0 spiro atoms. The lowest BCUT2D eigenvalue weighted by Crippen LogP contribution is -2.40. The van der Waals surface area contributed by atoms with E-state index in [2.05, 4.69) is 11.8 Å². The maximum Gasteiger partial charge on any atom is 0.335 e. The molecule has 0 unspecified atom stereocenters. The highest BCUT2D eigenvalue weighted by Gasteiger charge is 2.26. The van der Waals surface area contributed by atoms with Crippen molar-refractivity contribution in [1.82, 2.24) is 9.21 Å². The van der Waals surface area contributed by atoms with Crippen LogP contribution in [0, 0.1) is 0 Å². The number of ether oxygens (including phenoxy) is 1. The Morgan fingerprint density at radius 3 is 2.35 bits per heavy atom. The van der Waals surface area contributed by atoms with E-state index in [1.165, 1.54) is 0 Å². The van der Waals surface area contributed by atoms with E-state index in [1.807, 2.05) is 0 Å². The second-order valence-electron chi connectivity index (χ2n) is 6.02. The summed E-state index contributed by atoms with van der Waals surface area (Å²) < 4.78 is 37.8. The summed E-state index contributed by atoms with van der Waals surface area (Å²) in [5.74, 6) is 0. The third-order valence-electron chi connectivity index (χ3n) is 4.31. The van der Waals surface area contributed by atoms with E-state index < -0.39 is 10.3 Å². The summed E-state index contributed by atoms with van der Waals surface area (Å²) in [4.78, 5) is 2.25. The van der Waals surface area contributed by atoms with Gasteiger partial charge in [0.1, 0.15) is 0 Å².